The quantitative estimate of drug-likeness (QED) is 0.0216. The third kappa shape index (κ3) is 38.3. The molecule has 0 amide bonds. The van der Waals surface area contributed by atoms with Crippen LogP contribution in [-0.2, 0) is 28.6 Å². The maximum absolute atomic E-state index is 12.8. The van der Waals surface area contributed by atoms with E-state index in [0.29, 0.717) is 19.3 Å². The van der Waals surface area contributed by atoms with E-state index in [1.807, 2.05) is 21.1 Å². The number of carboxylic acid groups (broad SMARTS) is 1. The van der Waals surface area contributed by atoms with E-state index in [1.165, 1.54) is 64.2 Å². The molecule has 2 unspecified atom stereocenters. The average molecular weight is 813 g/mol. The summed E-state index contributed by atoms with van der Waals surface area (Å²) in [5.74, 6) is -1.50. The van der Waals surface area contributed by atoms with Gasteiger partial charge in [-0.05, 0) is 64.2 Å². The Bertz CT molecular complexity index is 1180. The largest absolute Gasteiger partial charge is 0.477 e. The highest BCUT2D eigenvalue weighted by atomic mass is 16.6. The summed E-state index contributed by atoms with van der Waals surface area (Å²) >= 11 is 0. The number of carbonyl (C=O) groups is 3. The Hall–Kier alpha value is -3.23. The summed E-state index contributed by atoms with van der Waals surface area (Å²) in [6.45, 7) is 4.47. The van der Waals surface area contributed by atoms with Gasteiger partial charge in [-0.15, -0.1) is 0 Å². The van der Waals surface area contributed by atoms with Crippen molar-refractivity contribution < 1.29 is 38.2 Å². The van der Waals surface area contributed by atoms with Crippen molar-refractivity contribution in [3.8, 4) is 0 Å². The van der Waals surface area contributed by atoms with Crippen molar-refractivity contribution in [2.24, 2.45) is 0 Å². The van der Waals surface area contributed by atoms with Gasteiger partial charge in [0.2, 0.25) is 0 Å². The van der Waals surface area contributed by atoms with Crippen LogP contribution in [0.15, 0.2) is 72.9 Å². The van der Waals surface area contributed by atoms with E-state index in [2.05, 4.69) is 86.8 Å². The summed E-state index contributed by atoms with van der Waals surface area (Å²) in [5, 5.41) is 9.63. The predicted molar refractivity (Wildman–Crippen MR) is 243 cm³/mol. The molecule has 0 aromatic rings. The van der Waals surface area contributed by atoms with Crippen LogP contribution in [0, 0.1) is 0 Å². The second-order valence-electron chi connectivity index (χ2n) is 16.3. The fourth-order valence-corrected chi connectivity index (χ4v) is 6.40. The summed E-state index contributed by atoms with van der Waals surface area (Å²) in [5.41, 5.74) is 0. The number of hydrogen-bond acceptors (Lipinski definition) is 6. The van der Waals surface area contributed by atoms with Crippen LogP contribution in [0.2, 0.25) is 0 Å². The van der Waals surface area contributed by atoms with Gasteiger partial charge < -0.3 is 23.8 Å². The van der Waals surface area contributed by atoms with Crippen LogP contribution in [0.4, 0.5) is 0 Å². The van der Waals surface area contributed by atoms with Crippen molar-refractivity contribution >= 4 is 17.9 Å². The van der Waals surface area contributed by atoms with E-state index >= 15 is 0 Å². The molecule has 0 bridgehead atoms. The molecule has 0 aromatic heterocycles. The fourth-order valence-electron chi connectivity index (χ4n) is 6.40. The number of hydrogen-bond donors (Lipinski definition) is 1. The summed E-state index contributed by atoms with van der Waals surface area (Å²) < 4.78 is 17.3. The topological polar surface area (TPSA) is 99.1 Å². The van der Waals surface area contributed by atoms with E-state index in [1.54, 1.807) is 0 Å². The van der Waals surface area contributed by atoms with Crippen molar-refractivity contribution in [3.05, 3.63) is 72.9 Å². The number of ether oxygens (including phenoxy) is 3. The number of rotatable bonds is 40. The Morgan fingerprint density at radius 2 is 1.00 bits per heavy atom. The smallest absolute Gasteiger partial charge is 0.362 e. The predicted octanol–water partition coefficient (Wildman–Crippen LogP) is 12.7. The first-order valence-corrected chi connectivity index (χ1v) is 23.0. The molecule has 0 saturated carbocycles. The molecular weight excluding hydrogens is 727 g/mol. The summed E-state index contributed by atoms with van der Waals surface area (Å²) in [7, 11) is 5.52. The van der Waals surface area contributed by atoms with Gasteiger partial charge in [0, 0.05) is 19.3 Å². The Balaban J connectivity index is 4.33. The molecule has 0 heterocycles. The molecular formula is C50H86NO7+. The van der Waals surface area contributed by atoms with Crippen LogP contribution in [0.3, 0.4) is 0 Å². The van der Waals surface area contributed by atoms with E-state index in [4.69, 9.17) is 14.2 Å². The van der Waals surface area contributed by atoms with Crippen LogP contribution < -0.4 is 0 Å². The van der Waals surface area contributed by atoms with Gasteiger partial charge in [0.05, 0.1) is 34.4 Å². The molecule has 0 aliphatic rings. The molecule has 8 nitrogen and oxygen atoms in total. The molecule has 2 atom stereocenters. The van der Waals surface area contributed by atoms with Crippen molar-refractivity contribution in [1.29, 1.82) is 0 Å². The third-order valence-electron chi connectivity index (χ3n) is 9.91. The van der Waals surface area contributed by atoms with Crippen LogP contribution in [0.5, 0.6) is 0 Å². The normalized spacial score (nSPS) is 13.6. The minimum absolute atomic E-state index is 0.0517. The van der Waals surface area contributed by atoms with Crippen LogP contribution in [0.1, 0.15) is 174 Å². The lowest BCUT2D eigenvalue weighted by Gasteiger charge is -2.31. The Kier molecular flexibility index (Phi) is 38.3. The van der Waals surface area contributed by atoms with Gasteiger partial charge >= 0.3 is 17.9 Å². The number of quaternary nitrogens is 1. The highest BCUT2D eigenvalue weighted by molar-refractivity contribution is 5.72. The fraction of sp³-hybridized carbons (Fsp3) is 0.700. The van der Waals surface area contributed by atoms with E-state index in [0.717, 1.165) is 77.0 Å². The number of carboxylic acids is 1. The number of unbranched alkanes of at least 4 members (excludes halogenated alkanes) is 16. The van der Waals surface area contributed by atoms with Crippen molar-refractivity contribution in [2.45, 2.75) is 187 Å². The average Bonchev–Trinajstić information content (AvgIpc) is 3.18. The van der Waals surface area contributed by atoms with Gasteiger partial charge in [-0.1, -0.05) is 164 Å². The molecule has 0 aliphatic heterocycles. The third-order valence-corrected chi connectivity index (χ3v) is 9.91. The zero-order valence-corrected chi connectivity index (χ0v) is 37.7. The molecule has 0 aliphatic carbocycles. The highest BCUT2D eigenvalue weighted by Gasteiger charge is 2.31. The number of allylic oxidation sites excluding steroid dienone is 12. The van der Waals surface area contributed by atoms with Crippen LogP contribution >= 0.6 is 0 Å². The van der Waals surface area contributed by atoms with Crippen LogP contribution in [-0.4, -0.2) is 80.6 Å². The lowest BCUT2D eigenvalue weighted by molar-refractivity contribution is -0.887. The molecule has 58 heavy (non-hydrogen) atoms. The zero-order valence-electron chi connectivity index (χ0n) is 37.7. The lowest BCUT2D eigenvalue weighted by Crippen LogP contribution is -2.50. The van der Waals surface area contributed by atoms with Gasteiger partial charge in [0.15, 0.2) is 12.1 Å². The number of likely N-dealkylation sites (N-methyl/N-ethyl adjacent to an activating group) is 1. The minimum Gasteiger partial charge on any atom is -0.477 e. The number of carbonyl (C=O) groups excluding carboxylic acids is 2. The summed E-state index contributed by atoms with van der Waals surface area (Å²) in [6.07, 6.45) is 50.8. The number of esters is 2. The van der Waals surface area contributed by atoms with Crippen molar-refractivity contribution in [1.82, 2.24) is 0 Å². The summed E-state index contributed by atoms with van der Waals surface area (Å²) in [6, 6.07) is -0.620. The first-order chi connectivity index (χ1) is 28.1. The SMILES string of the molecule is CC/C=C/C=C/C=C/CCCCCCCCCC(=O)OCC(COCCC(C(=O)O)[N+](C)(C)C)OC(=O)CCCCCCCCCCC/C=C/C/C=C/C/C=C/CC. The molecule has 0 rings (SSSR count). The van der Waals surface area contributed by atoms with Crippen molar-refractivity contribution in [2.75, 3.05) is 41.0 Å². The second-order valence-corrected chi connectivity index (χ2v) is 16.3. The lowest BCUT2D eigenvalue weighted by atomic mass is 10.1. The monoisotopic (exact) mass is 813 g/mol. The molecule has 332 valence electrons. The molecule has 1 N–H and O–H groups in total. The zero-order chi connectivity index (χ0) is 42.8. The second kappa shape index (κ2) is 40.5. The van der Waals surface area contributed by atoms with E-state index < -0.39 is 18.1 Å². The van der Waals surface area contributed by atoms with Gasteiger partial charge in [0.25, 0.3) is 0 Å². The van der Waals surface area contributed by atoms with Gasteiger partial charge in [-0.25, -0.2) is 4.79 Å². The van der Waals surface area contributed by atoms with Gasteiger partial charge in [0.1, 0.15) is 6.61 Å². The highest BCUT2D eigenvalue weighted by Crippen LogP contribution is 2.14. The minimum atomic E-state index is -0.880. The van der Waals surface area contributed by atoms with Crippen molar-refractivity contribution in [3.63, 3.8) is 0 Å². The standard InChI is InChI=1S/C50H85NO7/c1-6-8-10-12-14-16-18-20-22-23-24-25-27-29-31-33-35-37-39-41-49(53)58-46(44-56-43-42-47(50(54)55)51(3,4)5)45-57-48(52)40-38-36-34-32-30-28-26-21-19-17-15-13-11-9-7-2/h8-11,13-17,19-20,22,46-47H,6-7,12,18,21,23-45H2,1-5H3/p+1/b10-8+,11-9+,15-13+,16-14+,19-17+,22-20+. The Labute approximate surface area is 355 Å². The molecule has 0 saturated heterocycles. The maximum atomic E-state index is 12.8. The molecule has 0 radical (unpaired) electrons. The van der Waals surface area contributed by atoms with Crippen LogP contribution in [0.25, 0.3) is 0 Å². The Morgan fingerprint density at radius 1 is 0.534 bits per heavy atom. The molecule has 8 heteroatoms. The Morgan fingerprint density at radius 3 is 1.53 bits per heavy atom. The number of nitrogens with zero attached hydrogens (tertiary/aromatic N) is 1. The number of aliphatic carboxylic acids is 1. The first kappa shape index (κ1) is 54.8. The molecule has 0 fully saturated rings. The summed E-state index contributed by atoms with van der Waals surface area (Å²) in [4.78, 5) is 37.0. The van der Waals surface area contributed by atoms with E-state index in [9.17, 15) is 19.5 Å². The maximum Gasteiger partial charge on any atom is 0.362 e. The van der Waals surface area contributed by atoms with Gasteiger partial charge in [-0.2, -0.15) is 0 Å². The first-order valence-electron chi connectivity index (χ1n) is 23.0. The molecule has 0 spiro atoms. The van der Waals surface area contributed by atoms with Gasteiger partial charge in [-0.3, -0.25) is 9.59 Å². The molecule has 0 aromatic carbocycles. The van der Waals surface area contributed by atoms with E-state index in [-0.39, 0.29) is 36.2 Å².